The number of hydrogen-bond donors (Lipinski definition) is 2. The summed E-state index contributed by atoms with van der Waals surface area (Å²) in [4.78, 5) is 25.5. The van der Waals surface area contributed by atoms with Gasteiger partial charge in [0.1, 0.15) is 5.75 Å². The topological polar surface area (TPSA) is 108 Å². The van der Waals surface area contributed by atoms with Crippen molar-refractivity contribution in [1.82, 2.24) is 24.8 Å². The lowest BCUT2D eigenvalue weighted by atomic mass is 10.1. The van der Waals surface area contributed by atoms with Gasteiger partial charge in [0, 0.05) is 30.0 Å². The Morgan fingerprint density at radius 2 is 1.94 bits per heavy atom. The monoisotopic (exact) mass is 482 g/mol. The molecule has 0 aliphatic heterocycles. The van der Waals surface area contributed by atoms with Gasteiger partial charge >= 0.3 is 6.61 Å². The number of alkyl halides is 2. The van der Waals surface area contributed by atoms with Crippen LogP contribution in [0.5, 0.6) is 5.75 Å². The van der Waals surface area contributed by atoms with Crippen molar-refractivity contribution >= 4 is 16.9 Å². The summed E-state index contributed by atoms with van der Waals surface area (Å²) in [7, 11) is 0. The van der Waals surface area contributed by atoms with Crippen LogP contribution in [0.2, 0.25) is 0 Å². The lowest BCUT2D eigenvalue weighted by Gasteiger charge is -2.17. The van der Waals surface area contributed by atoms with Gasteiger partial charge in [-0.25, -0.2) is 14.4 Å². The molecule has 35 heavy (non-hydrogen) atoms. The van der Waals surface area contributed by atoms with E-state index in [1.165, 1.54) is 18.3 Å². The molecule has 180 valence electrons. The first kappa shape index (κ1) is 22.8. The highest BCUT2D eigenvalue weighted by atomic mass is 19.3. The van der Waals surface area contributed by atoms with Gasteiger partial charge in [-0.2, -0.15) is 8.78 Å². The van der Waals surface area contributed by atoms with E-state index in [-0.39, 0.29) is 29.7 Å². The number of halogens is 3. The third-order valence-electron chi connectivity index (χ3n) is 5.98. The van der Waals surface area contributed by atoms with Crippen molar-refractivity contribution in [2.75, 3.05) is 0 Å². The van der Waals surface area contributed by atoms with E-state index >= 15 is 0 Å². The number of nitrogens with two attached hydrogens (primary N) is 1. The lowest BCUT2D eigenvalue weighted by Crippen LogP contribution is -2.44. The Bertz CT molecular complexity index is 1380. The van der Waals surface area contributed by atoms with Crippen molar-refractivity contribution in [2.45, 2.75) is 38.0 Å². The zero-order chi connectivity index (χ0) is 24.5. The molecule has 8 nitrogen and oxygen atoms in total. The quantitative estimate of drug-likeness (QED) is 0.433. The SMILES string of the molecule is NC1CCC[C@@H]1NC(=O)c1cnc2c(-c3cccc(OC(F)F)c3)cn(-c3ncc(F)cn3)c2c1. The zero-order valence-electron chi connectivity index (χ0n) is 18.4. The summed E-state index contributed by atoms with van der Waals surface area (Å²) in [5.74, 6) is -0.781. The Kier molecular flexibility index (Phi) is 6.08. The number of nitrogens with zero attached hydrogens (tertiary/aromatic N) is 4. The van der Waals surface area contributed by atoms with Crippen molar-refractivity contribution < 1.29 is 22.7 Å². The fraction of sp³-hybridized carbons (Fsp3) is 0.250. The second-order valence-electron chi connectivity index (χ2n) is 8.29. The molecule has 2 atom stereocenters. The average molecular weight is 482 g/mol. The van der Waals surface area contributed by atoms with Crippen LogP contribution in [0, 0.1) is 5.82 Å². The minimum Gasteiger partial charge on any atom is -0.435 e. The van der Waals surface area contributed by atoms with E-state index < -0.39 is 12.4 Å². The predicted molar refractivity (Wildman–Crippen MR) is 122 cm³/mol. The smallest absolute Gasteiger partial charge is 0.387 e. The molecule has 1 aromatic carbocycles. The normalized spacial score (nSPS) is 17.7. The van der Waals surface area contributed by atoms with Crippen LogP contribution in [0.3, 0.4) is 0 Å². The first-order chi connectivity index (χ1) is 16.9. The van der Waals surface area contributed by atoms with Gasteiger partial charge in [0.25, 0.3) is 5.91 Å². The molecule has 3 heterocycles. The van der Waals surface area contributed by atoms with Crippen LogP contribution >= 0.6 is 0 Å². The van der Waals surface area contributed by atoms with Gasteiger partial charge in [-0.15, -0.1) is 0 Å². The largest absolute Gasteiger partial charge is 0.435 e. The molecule has 3 N–H and O–H groups in total. The summed E-state index contributed by atoms with van der Waals surface area (Å²) in [6, 6.07) is 7.60. The lowest BCUT2D eigenvalue weighted by molar-refractivity contribution is -0.0498. The van der Waals surface area contributed by atoms with Gasteiger partial charge in [0.05, 0.1) is 29.0 Å². The number of nitrogens with one attached hydrogen (secondary N) is 1. The average Bonchev–Trinajstić information content (AvgIpc) is 3.42. The van der Waals surface area contributed by atoms with Crippen LogP contribution < -0.4 is 15.8 Å². The number of fused-ring (bicyclic) bond motifs is 1. The first-order valence-corrected chi connectivity index (χ1v) is 11.0. The number of hydrogen-bond acceptors (Lipinski definition) is 6. The Morgan fingerprint density at radius 3 is 2.66 bits per heavy atom. The van der Waals surface area contributed by atoms with Crippen LogP contribution in [0.15, 0.2) is 55.1 Å². The molecule has 1 aliphatic rings. The molecule has 11 heteroatoms. The van der Waals surface area contributed by atoms with Gasteiger partial charge in [0.15, 0.2) is 5.82 Å². The third-order valence-corrected chi connectivity index (χ3v) is 5.98. The number of carbonyl (C=O) groups excluding carboxylic acids is 1. The van der Waals surface area contributed by atoms with Crippen molar-refractivity contribution in [3.05, 3.63) is 66.5 Å². The van der Waals surface area contributed by atoms with E-state index in [1.54, 1.807) is 29.0 Å². The molecule has 0 radical (unpaired) electrons. The number of benzene rings is 1. The molecule has 4 aromatic rings. The molecule has 0 bridgehead atoms. The fourth-order valence-electron chi connectivity index (χ4n) is 4.29. The summed E-state index contributed by atoms with van der Waals surface area (Å²) in [5.41, 5.74) is 8.46. The second-order valence-corrected chi connectivity index (χ2v) is 8.29. The maximum atomic E-state index is 13.4. The van der Waals surface area contributed by atoms with Gasteiger partial charge in [-0.05, 0) is 43.0 Å². The van der Waals surface area contributed by atoms with Gasteiger partial charge in [-0.3, -0.25) is 14.3 Å². The van der Waals surface area contributed by atoms with E-state index in [0.717, 1.165) is 31.7 Å². The summed E-state index contributed by atoms with van der Waals surface area (Å²) in [6.45, 7) is -2.97. The molecule has 0 spiro atoms. The van der Waals surface area contributed by atoms with Crippen LogP contribution in [0.4, 0.5) is 13.2 Å². The van der Waals surface area contributed by atoms with Crippen LogP contribution in [0.1, 0.15) is 29.6 Å². The maximum Gasteiger partial charge on any atom is 0.387 e. The van der Waals surface area contributed by atoms with Crippen molar-refractivity contribution in [1.29, 1.82) is 0 Å². The van der Waals surface area contributed by atoms with Crippen LogP contribution in [-0.2, 0) is 0 Å². The van der Waals surface area contributed by atoms with E-state index in [2.05, 4.69) is 25.0 Å². The van der Waals surface area contributed by atoms with E-state index in [1.807, 2.05) is 0 Å². The van der Waals surface area contributed by atoms with E-state index in [9.17, 15) is 18.0 Å². The Morgan fingerprint density at radius 1 is 1.14 bits per heavy atom. The van der Waals surface area contributed by atoms with Crippen LogP contribution in [0.25, 0.3) is 28.1 Å². The molecule has 1 aliphatic carbocycles. The standard InChI is InChI=1S/C24H21F3N6O2/c25-15-10-30-24(31-11-15)33-12-17(13-3-1-4-16(7-13)35-23(26)27)21-20(33)8-14(9-29-21)22(34)32-19-6-2-5-18(19)28/h1,3-4,7-12,18-19,23H,2,5-6,28H2,(H,32,34)/t18?,19-/m0/s1. The molecule has 1 saturated carbocycles. The molecule has 1 unspecified atom stereocenters. The summed E-state index contributed by atoms with van der Waals surface area (Å²) in [6.07, 6.45) is 7.75. The molecule has 0 saturated heterocycles. The highest BCUT2D eigenvalue weighted by molar-refractivity contribution is 6.00. The minimum absolute atomic E-state index is 0.0136. The van der Waals surface area contributed by atoms with Gasteiger partial charge in [-0.1, -0.05) is 12.1 Å². The maximum absolute atomic E-state index is 13.4. The molecule has 1 amide bonds. The van der Waals surface area contributed by atoms with Gasteiger partial charge < -0.3 is 15.8 Å². The fourth-order valence-corrected chi connectivity index (χ4v) is 4.29. The third kappa shape index (κ3) is 4.67. The van der Waals surface area contributed by atoms with E-state index in [0.29, 0.717) is 27.7 Å². The van der Waals surface area contributed by atoms with Crippen molar-refractivity contribution in [2.24, 2.45) is 5.73 Å². The Labute approximate surface area is 198 Å². The number of rotatable bonds is 6. The summed E-state index contributed by atoms with van der Waals surface area (Å²) >= 11 is 0. The van der Waals surface area contributed by atoms with Gasteiger partial charge in [0.2, 0.25) is 5.95 Å². The van der Waals surface area contributed by atoms with E-state index in [4.69, 9.17) is 5.73 Å². The first-order valence-electron chi connectivity index (χ1n) is 11.0. The van der Waals surface area contributed by atoms with Crippen LogP contribution in [-0.4, -0.2) is 44.1 Å². The summed E-state index contributed by atoms with van der Waals surface area (Å²) in [5, 5.41) is 2.96. The van der Waals surface area contributed by atoms with Crippen molar-refractivity contribution in [3.63, 3.8) is 0 Å². The molecular formula is C24H21F3N6O2. The number of pyridine rings is 1. The highest BCUT2D eigenvalue weighted by Crippen LogP contribution is 2.33. The molecule has 1 fully saturated rings. The number of amides is 1. The predicted octanol–water partition coefficient (Wildman–Crippen LogP) is 3.83. The number of aromatic nitrogens is 4. The zero-order valence-corrected chi connectivity index (χ0v) is 18.4. The number of ether oxygens (including phenoxy) is 1. The highest BCUT2D eigenvalue weighted by Gasteiger charge is 2.26. The molecular weight excluding hydrogens is 461 g/mol. The Hall–Kier alpha value is -3.99. The summed E-state index contributed by atoms with van der Waals surface area (Å²) < 4.78 is 45.0. The van der Waals surface area contributed by atoms with Crippen molar-refractivity contribution in [3.8, 4) is 22.8 Å². The molecule has 3 aromatic heterocycles. The number of carbonyl (C=O) groups is 1. The molecule has 5 rings (SSSR count). The Balaban J connectivity index is 1.60. The minimum atomic E-state index is -2.97. The second kappa shape index (κ2) is 9.34.